The number of aromatic nitrogens is 1. The van der Waals surface area contributed by atoms with Gasteiger partial charge in [0.25, 0.3) is 5.91 Å². The summed E-state index contributed by atoms with van der Waals surface area (Å²) in [5.74, 6) is 1.67. The Kier molecular flexibility index (Phi) is 4.78. The third-order valence-corrected chi connectivity index (χ3v) is 4.16. The van der Waals surface area contributed by atoms with Crippen molar-refractivity contribution in [2.75, 3.05) is 13.7 Å². The molecule has 7 heteroatoms. The van der Waals surface area contributed by atoms with Crippen molar-refractivity contribution in [3.63, 3.8) is 0 Å². The fourth-order valence-electron chi connectivity index (χ4n) is 2.14. The smallest absolute Gasteiger partial charge is 0.260 e. The first-order valence-corrected chi connectivity index (χ1v) is 8.06. The van der Waals surface area contributed by atoms with E-state index in [-0.39, 0.29) is 12.5 Å². The first-order chi connectivity index (χ1) is 11.0. The second-order valence-electron chi connectivity index (χ2n) is 5.61. The van der Waals surface area contributed by atoms with Crippen molar-refractivity contribution >= 4 is 29.1 Å². The molecular weight excluding hydrogens is 339 g/mol. The minimum absolute atomic E-state index is 0.106. The molecule has 122 valence electrons. The van der Waals surface area contributed by atoms with Crippen molar-refractivity contribution in [2.45, 2.75) is 25.3 Å². The van der Waals surface area contributed by atoms with Crippen LogP contribution in [-0.4, -0.2) is 29.6 Å². The van der Waals surface area contributed by atoms with Gasteiger partial charge in [-0.3, -0.25) is 4.79 Å². The standard InChI is InChI=1S/C16H16Cl2N2O3/c1-20(8-12-7-15(23-19-12)10-2-3-10)16(21)9-22-14-5-4-11(17)6-13(14)18/h4-7,10H,2-3,8-9H2,1H3. The van der Waals surface area contributed by atoms with Crippen LogP contribution in [0.5, 0.6) is 5.75 Å². The average Bonchev–Trinajstić information content (AvgIpc) is 3.26. The highest BCUT2D eigenvalue weighted by Gasteiger charge is 2.28. The Labute approximate surface area is 144 Å². The van der Waals surface area contributed by atoms with E-state index in [1.807, 2.05) is 6.07 Å². The fraction of sp³-hybridized carbons (Fsp3) is 0.375. The number of ether oxygens (including phenoxy) is 1. The van der Waals surface area contributed by atoms with Crippen molar-refractivity contribution < 1.29 is 14.1 Å². The number of rotatable bonds is 6. The number of nitrogens with zero attached hydrogens (tertiary/aromatic N) is 2. The van der Waals surface area contributed by atoms with Crippen LogP contribution in [-0.2, 0) is 11.3 Å². The molecule has 1 heterocycles. The Morgan fingerprint density at radius 2 is 2.17 bits per heavy atom. The van der Waals surface area contributed by atoms with Gasteiger partial charge in [0.2, 0.25) is 0 Å². The molecule has 1 saturated carbocycles. The highest BCUT2D eigenvalue weighted by molar-refractivity contribution is 6.35. The topological polar surface area (TPSA) is 55.6 Å². The maximum absolute atomic E-state index is 12.1. The van der Waals surface area contributed by atoms with Crippen LogP contribution < -0.4 is 4.74 Å². The summed E-state index contributed by atoms with van der Waals surface area (Å²) in [4.78, 5) is 13.7. The molecule has 1 aliphatic rings. The van der Waals surface area contributed by atoms with Gasteiger partial charge in [-0.2, -0.15) is 0 Å². The lowest BCUT2D eigenvalue weighted by atomic mass is 10.3. The van der Waals surface area contributed by atoms with Crippen molar-refractivity contribution in [3.05, 3.63) is 45.8 Å². The van der Waals surface area contributed by atoms with Crippen molar-refractivity contribution in [1.29, 1.82) is 0 Å². The quantitative estimate of drug-likeness (QED) is 0.789. The molecular formula is C16H16Cl2N2O3. The van der Waals surface area contributed by atoms with E-state index >= 15 is 0 Å². The molecule has 0 radical (unpaired) electrons. The van der Waals surface area contributed by atoms with Gasteiger partial charge >= 0.3 is 0 Å². The second kappa shape index (κ2) is 6.81. The maximum Gasteiger partial charge on any atom is 0.260 e. The van der Waals surface area contributed by atoms with E-state index in [2.05, 4.69) is 5.16 Å². The molecule has 0 unspecified atom stereocenters. The first-order valence-electron chi connectivity index (χ1n) is 7.30. The van der Waals surface area contributed by atoms with Gasteiger partial charge in [-0.05, 0) is 31.0 Å². The Hall–Kier alpha value is -1.72. The predicted octanol–water partition coefficient (Wildman–Crippen LogP) is 3.90. The lowest BCUT2D eigenvalue weighted by molar-refractivity contribution is -0.132. The molecule has 1 amide bonds. The molecule has 1 fully saturated rings. The molecule has 0 atom stereocenters. The minimum Gasteiger partial charge on any atom is -0.482 e. The van der Waals surface area contributed by atoms with Gasteiger partial charge in [-0.25, -0.2) is 0 Å². The Morgan fingerprint density at radius 3 is 2.87 bits per heavy atom. The molecule has 0 aliphatic heterocycles. The largest absolute Gasteiger partial charge is 0.482 e. The number of benzene rings is 1. The summed E-state index contributed by atoms with van der Waals surface area (Å²) >= 11 is 11.8. The van der Waals surface area contributed by atoms with Gasteiger partial charge in [0, 0.05) is 24.1 Å². The zero-order valence-electron chi connectivity index (χ0n) is 12.6. The van der Waals surface area contributed by atoms with Crippen LogP contribution >= 0.6 is 23.2 Å². The van der Waals surface area contributed by atoms with Gasteiger partial charge in [-0.1, -0.05) is 28.4 Å². The van der Waals surface area contributed by atoms with Crippen LogP contribution in [0.25, 0.3) is 0 Å². The third-order valence-electron chi connectivity index (χ3n) is 3.63. The van der Waals surface area contributed by atoms with Gasteiger partial charge in [0.15, 0.2) is 6.61 Å². The Morgan fingerprint density at radius 1 is 1.39 bits per heavy atom. The third kappa shape index (κ3) is 4.18. The van der Waals surface area contributed by atoms with E-state index in [1.54, 1.807) is 30.1 Å². The molecule has 0 spiro atoms. The lowest BCUT2D eigenvalue weighted by Crippen LogP contribution is -2.31. The summed E-state index contributed by atoms with van der Waals surface area (Å²) in [6, 6.07) is 6.78. The van der Waals surface area contributed by atoms with Crippen LogP contribution in [0.2, 0.25) is 10.0 Å². The summed E-state index contributed by atoms with van der Waals surface area (Å²) in [5, 5.41) is 4.89. The minimum atomic E-state index is -0.174. The molecule has 5 nitrogen and oxygen atoms in total. The first kappa shape index (κ1) is 16.1. The SMILES string of the molecule is CN(Cc1cc(C2CC2)on1)C(=O)COc1ccc(Cl)cc1Cl. The number of carbonyl (C=O) groups excluding carboxylic acids is 1. The van der Waals surface area contributed by atoms with E-state index in [4.69, 9.17) is 32.5 Å². The molecule has 0 saturated heterocycles. The van der Waals surface area contributed by atoms with E-state index in [0.29, 0.717) is 28.3 Å². The van der Waals surface area contributed by atoms with Crippen LogP contribution in [0.4, 0.5) is 0 Å². The zero-order valence-corrected chi connectivity index (χ0v) is 14.1. The van der Waals surface area contributed by atoms with Crippen molar-refractivity contribution in [2.24, 2.45) is 0 Å². The molecule has 0 N–H and O–H groups in total. The number of carbonyl (C=O) groups is 1. The number of halogens is 2. The van der Waals surface area contributed by atoms with Crippen LogP contribution in [0, 0.1) is 0 Å². The Bertz CT molecular complexity index is 713. The number of hydrogen-bond acceptors (Lipinski definition) is 4. The normalized spacial score (nSPS) is 13.9. The van der Waals surface area contributed by atoms with Gasteiger partial charge < -0.3 is 14.2 Å². The molecule has 2 aromatic rings. The molecule has 23 heavy (non-hydrogen) atoms. The number of amides is 1. The summed E-state index contributed by atoms with van der Waals surface area (Å²) in [6.07, 6.45) is 2.30. The highest BCUT2D eigenvalue weighted by atomic mass is 35.5. The average molecular weight is 355 g/mol. The maximum atomic E-state index is 12.1. The number of likely N-dealkylation sites (N-methyl/N-ethyl adjacent to an activating group) is 1. The van der Waals surface area contributed by atoms with Crippen molar-refractivity contribution in [1.82, 2.24) is 10.1 Å². The predicted molar refractivity (Wildman–Crippen MR) is 86.9 cm³/mol. The van der Waals surface area contributed by atoms with Gasteiger partial charge in [0.1, 0.15) is 17.2 Å². The lowest BCUT2D eigenvalue weighted by Gasteiger charge is -2.16. The van der Waals surface area contributed by atoms with Crippen LogP contribution in [0.1, 0.15) is 30.2 Å². The molecule has 1 aromatic heterocycles. The van der Waals surface area contributed by atoms with Gasteiger partial charge in [-0.15, -0.1) is 0 Å². The fourth-order valence-corrected chi connectivity index (χ4v) is 2.60. The molecule has 1 aliphatic carbocycles. The van der Waals surface area contributed by atoms with Crippen molar-refractivity contribution in [3.8, 4) is 5.75 Å². The molecule has 3 rings (SSSR count). The summed E-state index contributed by atoms with van der Waals surface area (Å²) in [5.41, 5.74) is 0.743. The van der Waals surface area contributed by atoms with E-state index in [1.165, 1.54) is 0 Å². The second-order valence-corrected chi connectivity index (χ2v) is 6.45. The van der Waals surface area contributed by atoms with Crippen LogP contribution in [0.15, 0.2) is 28.8 Å². The van der Waals surface area contributed by atoms with Crippen LogP contribution in [0.3, 0.4) is 0 Å². The number of hydrogen-bond donors (Lipinski definition) is 0. The summed E-state index contributed by atoms with van der Waals surface area (Å²) < 4.78 is 10.7. The van der Waals surface area contributed by atoms with E-state index in [0.717, 1.165) is 24.3 Å². The Balaban J connectivity index is 1.52. The molecule has 0 bridgehead atoms. The monoisotopic (exact) mass is 354 g/mol. The zero-order chi connectivity index (χ0) is 16.4. The van der Waals surface area contributed by atoms with Gasteiger partial charge in [0.05, 0.1) is 11.6 Å². The highest BCUT2D eigenvalue weighted by Crippen LogP contribution is 2.40. The van der Waals surface area contributed by atoms with E-state index in [9.17, 15) is 4.79 Å². The summed E-state index contributed by atoms with van der Waals surface area (Å²) in [6.45, 7) is 0.276. The summed E-state index contributed by atoms with van der Waals surface area (Å²) in [7, 11) is 1.70. The van der Waals surface area contributed by atoms with E-state index < -0.39 is 0 Å². The molecule has 1 aromatic carbocycles.